The maximum atomic E-state index is 11.1. The van der Waals surface area contributed by atoms with E-state index in [9.17, 15) is 4.79 Å². The van der Waals surface area contributed by atoms with Gasteiger partial charge in [0.15, 0.2) is 0 Å². The van der Waals surface area contributed by atoms with Gasteiger partial charge >= 0.3 is 5.97 Å². The zero-order valence-corrected chi connectivity index (χ0v) is 10.0. The molecule has 4 heteroatoms. The van der Waals surface area contributed by atoms with Gasteiger partial charge in [-0.2, -0.15) is 0 Å². The monoisotopic (exact) mass is 237 g/mol. The molecule has 0 heterocycles. The lowest BCUT2D eigenvalue weighted by atomic mass is 10.2. The summed E-state index contributed by atoms with van der Waals surface area (Å²) in [7, 11) is 0. The summed E-state index contributed by atoms with van der Waals surface area (Å²) < 4.78 is 4.80. The zero-order chi connectivity index (χ0) is 11.8. The topological polar surface area (TPSA) is 38.3 Å². The third-order valence-corrected chi connectivity index (χ3v) is 2.23. The van der Waals surface area contributed by atoms with Crippen LogP contribution in [0.2, 0.25) is 0 Å². The quantitative estimate of drug-likeness (QED) is 0.628. The molecule has 0 saturated heterocycles. The van der Waals surface area contributed by atoms with Crippen LogP contribution in [0.4, 0.5) is 0 Å². The molecule has 16 heavy (non-hydrogen) atoms. The Labute approximate surface area is 101 Å². The maximum absolute atomic E-state index is 11.1. The molecule has 1 rings (SSSR count). The van der Waals surface area contributed by atoms with Gasteiger partial charge in [-0.1, -0.05) is 42.5 Å². The van der Waals surface area contributed by atoms with Gasteiger partial charge < -0.3 is 10.1 Å². The summed E-state index contributed by atoms with van der Waals surface area (Å²) in [5.74, 6) is -0.284. The molecule has 0 bridgehead atoms. The number of benzene rings is 1. The van der Waals surface area contributed by atoms with Gasteiger partial charge in [-0.15, -0.1) is 0 Å². The molecule has 0 saturated carbocycles. The van der Waals surface area contributed by atoms with Gasteiger partial charge in [0.25, 0.3) is 0 Å². The van der Waals surface area contributed by atoms with E-state index in [0.717, 1.165) is 5.56 Å². The molecule has 0 spiro atoms. The number of thiocarbonyl (C=S) groups is 1. The second kappa shape index (κ2) is 6.95. The Bertz CT molecular complexity index is 351. The lowest BCUT2D eigenvalue weighted by Crippen LogP contribution is -2.24. The average Bonchev–Trinajstić information content (AvgIpc) is 2.28. The SMILES string of the molecule is CCOC(=O)CC(=S)NCc1ccccc1. The first-order valence-corrected chi connectivity index (χ1v) is 5.59. The molecule has 0 aliphatic carbocycles. The van der Waals surface area contributed by atoms with Gasteiger partial charge in [0.2, 0.25) is 0 Å². The number of carbonyl (C=O) groups is 1. The number of carbonyl (C=O) groups excluding carboxylic acids is 1. The molecule has 0 atom stereocenters. The molecule has 0 radical (unpaired) electrons. The van der Waals surface area contributed by atoms with E-state index in [4.69, 9.17) is 17.0 Å². The second-order valence-electron chi connectivity index (χ2n) is 3.24. The van der Waals surface area contributed by atoms with Crippen LogP contribution in [0.5, 0.6) is 0 Å². The highest BCUT2D eigenvalue weighted by atomic mass is 32.1. The molecule has 3 nitrogen and oxygen atoms in total. The predicted molar refractivity (Wildman–Crippen MR) is 67.1 cm³/mol. The van der Waals surface area contributed by atoms with E-state index < -0.39 is 0 Å². The predicted octanol–water partition coefficient (Wildman–Crippen LogP) is 2.06. The number of hydrogen-bond donors (Lipinski definition) is 1. The van der Waals surface area contributed by atoms with Crippen LogP contribution in [-0.2, 0) is 16.1 Å². The Kier molecular flexibility index (Phi) is 5.50. The van der Waals surface area contributed by atoms with Crippen molar-refractivity contribution in [3.63, 3.8) is 0 Å². The van der Waals surface area contributed by atoms with E-state index in [2.05, 4.69) is 5.32 Å². The van der Waals surface area contributed by atoms with Crippen molar-refractivity contribution in [2.75, 3.05) is 6.61 Å². The van der Waals surface area contributed by atoms with Crippen LogP contribution >= 0.6 is 12.2 Å². The van der Waals surface area contributed by atoms with E-state index in [1.54, 1.807) is 6.92 Å². The fourth-order valence-corrected chi connectivity index (χ4v) is 1.39. The van der Waals surface area contributed by atoms with E-state index in [-0.39, 0.29) is 12.4 Å². The number of esters is 1. The Hall–Kier alpha value is -1.42. The smallest absolute Gasteiger partial charge is 0.312 e. The van der Waals surface area contributed by atoms with Gasteiger partial charge in [-0.05, 0) is 12.5 Å². The molecule has 0 aromatic heterocycles. The minimum absolute atomic E-state index is 0.149. The molecule has 0 fully saturated rings. The average molecular weight is 237 g/mol. The first-order chi connectivity index (χ1) is 7.72. The Morgan fingerprint density at radius 3 is 2.69 bits per heavy atom. The molecular weight excluding hydrogens is 222 g/mol. The third-order valence-electron chi connectivity index (χ3n) is 1.94. The fraction of sp³-hybridized carbons (Fsp3) is 0.333. The summed E-state index contributed by atoms with van der Waals surface area (Å²) >= 11 is 5.03. The highest BCUT2D eigenvalue weighted by Crippen LogP contribution is 1.98. The van der Waals surface area contributed by atoms with Crippen LogP contribution in [0, 0.1) is 0 Å². The number of hydrogen-bond acceptors (Lipinski definition) is 3. The van der Waals surface area contributed by atoms with Crippen LogP contribution in [-0.4, -0.2) is 17.6 Å². The maximum Gasteiger partial charge on any atom is 0.312 e. The van der Waals surface area contributed by atoms with Crippen LogP contribution in [0.15, 0.2) is 30.3 Å². The molecule has 0 aliphatic rings. The van der Waals surface area contributed by atoms with E-state index in [1.165, 1.54) is 0 Å². The number of rotatable bonds is 5. The summed E-state index contributed by atoms with van der Waals surface area (Å²) in [4.78, 5) is 11.6. The Morgan fingerprint density at radius 2 is 2.06 bits per heavy atom. The fourth-order valence-electron chi connectivity index (χ4n) is 1.20. The summed E-state index contributed by atoms with van der Waals surface area (Å²) in [6.07, 6.45) is 0.149. The highest BCUT2D eigenvalue weighted by molar-refractivity contribution is 7.80. The first kappa shape index (κ1) is 12.6. The molecule has 1 N–H and O–H groups in total. The summed E-state index contributed by atoms with van der Waals surface area (Å²) in [5.41, 5.74) is 1.13. The molecular formula is C12H15NO2S. The van der Waals surface area contributed by atoms with Gasteiger partial charge in [-0.3, -0.25) is 4.79 Å². The van der Waals surface area contributed by atoms with E-state index in [0.29, 0.717) is 18.1 Å². The van der Waals surface area contributed by atoms with Crippen LogP contribution < -0.4 is 5.32 Å². The minimum atomic E-state index is -0.284. The lowest BCUT2D eigenvalue weighted by molar-refractivity contribution is -0.141. The van der Waals surface area contributed by atoms with Crippen LogP contribution in [0.3, 0.4) is 0 Å². The molecule has 0 amide bonds. The Morgan fingerprint density at radius 1 is 1.38 bits per heavy atom. The standard InChI is InChI=1S/C12H15NO2S/c1-2-15-12(14)8-11(16)13-9-10-6-4-3-5-7-10/h3-7H,2,8-9H2,1H3,(H,13,16). The van der Waals surface area contributed by atoms with Crippen molar-refractivity contribution in [1.82, 2.24) is 5.32 Å². The molecule has 1 aromatic carbocycles. The number of nitrogens with one attached hydrogen (secondary N) is 1. The van der Waals surface area contributed by atoms with Crippen LogP contribution in [0.25, 0.3) is 0 Å². The van der Waals surface area contributed by atoms with Crippen molar-refractivity contribution in [3.8, 4) is 0 Å². The Balaban J connectivity index is 2.28. The van der Waals surface area contributed by atoms with E-state index in [1.807, 2.05) is 30.3 Å². The largest absolute Gasteiger partial charge is 0.466 e. The molecule has 86 valence electrons. The highest BCUT2D eigenvalue weighted by Gasteiger charge is 2.05. The minimum Gasteiger partial charge on any atom is -0.466 e. The molecule has 0 unspecified atom stereocenters. The van der Waals surface area contributed by atoms with Crippen molar-refractivity contribution in [1.29, 1.82) is 0 Å². The number of ether oxygens (including phenoxy) is 1. The van der Waals surface area contributed by atoms with Crippen molar-refractivity contribution >= 4 is 23.2 Å². The van der Waals surface area contributed by atoms with Gasteiger partial charge in [0, 0.05) is 6.54 Å². The van der Waals surface area contributed by atoms with Crippen molar-refractivity contribution in [2.24, 2.45) is 0 Å². The van der Waals surface area contributed by atoms with Gasteiger partial charge in [-0.25, -0.2) is 0 Å². The van der Waals surface area contributed by atoms with Gasteiger partial charge in [0.05, 0.1) is 18.0 Å². The normalized spacial score (nSPS) is 9.56. The van der Waals surface area contributed by atoms with E-state index >= 15 is 0 Å². The summed E-state index contributed by atoms with van der Waals surface area (Å²) in [5, 5.41) is 3.02. The molecule has 0 aliphatic heterocycles. The third kappa shape index (κ3) is 4.89. The van der Waals surface area contributed by atoms with Crippen molar-refractivity contribution in [2.45, 2.75) is 19.9 Å². The van der Waals surface area contributed by atoms with Crippen LogP contribution in [0.1, 0.15) is 18.9 Å². The first-order valence-electron chi connectivity index (χ1n) is 5.18. The van der Waals surface area contributed by atoms with Gasteiger partial charge in [0.1, 0.15) is 0 Å². The zero-order valence-electron chi connectivity index (χ0n) is 9.23. The molecule has 1 aromatic rings. The second-order valence-corrected chi connectivity index (χ2v) is 3.74. The lowest BCUT2D eigenvalue weighted by Gasteiger charge is -2.07. The van der Waals surface area contributed by atoms with Crippen molar-refractivity contribution < 1.29 is 9.53 Å². The van der Waals surface area contributed by atoms with Crippen molar-refractivity contribution in [3.05, 3.63) is 35.9 Å². The summed E-state index contributed by atoms with van der Waals surface area (Å²) in [6.45, 7) is 2.80. The summed E-state index contributed by atoms with van der Waals surface area (Å²) in [6, 6.07) is 9.89.